The van der Waals surface area contributed by atoms with Gasteiger partial charge >= 0.3 is 6.03 Å². The number of rotatable bonds is 7. The molecule has 1 aromatic heterocycles. The molecule has 2 aromatic rings. The van der Waals surface area contributed by atoms with E-state index in [9.17, 15) is 4.79 Å². The molecule has 1 saturated heterocycles. The average Bonchev–Trinajstić information content (AvgIpc) is 2.73. The van der Waals surface area contributed by atoms with Crippen molar-refractivity contribution < 1.29 is 14.3 Å². The van der Waals surface area contributed by atoms with E-state index < -0.39 is 0 Å². The lowest BCUT2D eigenvalue weighted by Crippen LogP contribution is -2.48. The number of carbonyl (C=O) groups is 1. The van der Waals surface area contributed by atoms with Crippen LogP contribution in [0.5, 0.6) is 11.5 Å². The third kappa shape index (κ3) is 4.55. The van der Waals surface area contributed by atoms with E-state index in [-0.39, 0.29) is 12.1 Å². The zero-order chi connectivity index (χ0) is 19.9. The van der Waals surface area contributed by atoms with Crippen molar-refractivity contribution in [2.45, 2.75) is 38.6 Å². The highest BCUT2D eigenvalue weighted by atomic mass is 16.5. The average molecular weight is 387 g/mol. The lowest BCUT2D eigenvalue weighted by Gasteiger charge is -2.33. The van der Waals surface area contributed by atoms with Gasteiger partial charge < -0.3 is 25.0 Å². The number of urea groups is 1. The molecule has 1 fully saturated rings. The van der Waals surface area contributed by atoms with Crippen LogP contribution in [0.2, 0.25) is 0 Å². The van der Waals surface area contributed by atoms with Crippen molar-refractivity contribution in [3.8, 4) is 11.5 Å². The Bertz CT molecular complexity index is 806. The Balaban J connectivity index is 1.67. The summed E-state index contributed by atoms with van der Waals surface area (Å²) in [4.78, 5) is 23.1. The van der Waals surface area contributed by atoms with Gasteiger partial charge in [-0.15, -0.1) is 0 Å². The summed E-state index contributed by atoms with van der Waals surface area (Å²) in [5, 5.41) is 6.92. The molecule has 8 nitrogen and oxygen atoms in total. The van der Waals surface area contributed by atoms with Crippen LogP contribution in [-0.4, -0.2) is 55.9 Å². The summed E-state index contributed by atoms with van der Waals surface area (Å²) in [6, 6.07) is 3.90. The molecular weight excluding hydrogens is 358 g/mol. The minimum atomic E-state index is -0.0729. The Hall–Kier alpha value is -2.77. The maximum Gasteiger partial charge on any atom is 0.315 e. The molecule has 1 aliphatic heterocycles. The predicted molar refractivity (Wildman–Crippen MR) is 109 cm³/mol. The molecule has 152 valence electrons. The van der Waals surface area contributed by atoms with Crippen LogP contribution >= 0.6 is 0 Å². The lowest BCUT2D eigenvalue weighted by molar-refractivity contribution is 0.234. The number of piperidine rings is 1. The van der Waals surface area contributed by atoms with E-state index in [1.165, 1.54) is 0 Å². The molecule has 0 unspecified atom stereocenters. The first-order chi connectivity index (χ1) is 13.7. The predicted octanol–water partition coefficient (Wildman–Crippen LogP) is 2.72. The molecule has 0 bridgehead atoms. The van der Waals surface area contributed by atoms with Crippen molar-refractivity contribution in [1.82, 2.24) is 20.6 Å². The number of methoxy groups -OCH3 is 2. The van der Waals surface area contributed by atoms with Crippen molar-refractivity contribution in [1.29, 1.82) is 0 Å². The van der Waals surface area contributed by atoms with E-state index in [4.69, 9.17) is 9.47 Å². The number of hydrogen-bond acceptors (Lipinski definition) is 6. The van der Waals surface area contributed by atoms with Gasteiger partial charge in [-0.2, -0.15) is 0 Å². The van der Waals surface area contributed by atoms with Crippen molar-refractivity contribution in [2.75, 3.05) is 38.8 Å². The molecular formula is C20H29N5O3. The van der Waals surface area contributed by atoms with E-state index >= 15 is 0 Å². The first-order valence-corrected chi connectivity index (χ1v) is 9.82. The SMILES string of the molecule is CCCCNC(=O)NC1CCN(c2ncnc3cc(OC)c(OC)cc23)CC1. The Morgan fingerprint density at radius 1 is 1.18 bits per heavy atom. The number of nitrogens with one attached hydrogen (secondary N) is 2. The van der Waals surface area contributed by atoms with Gasteiger partial charge in [0.25, 0.3) is 0 Å². The van der Waals surface area contributed by atoms with Gasteiger partial charge in [-0.3, -0.25) is 0 Å². The zero-order valence-corrected chi connectivity index (χ0v) is 16.8. The number of benzene rings is 1. The van der Waals surface area contributed by atoms with E-state index in [2.05, 4.69) is 32.4 Å². The second kappa shape index (κ2) is 9.43. The van der Waals surface area contributed by atoms with Crippen LogP contribution in [0, 0.1) is 0 Å². The Morgan fingerprint density at radius 2 is 1.89 bits per heavy atom. The monoisotopic (exact) mass is 387 g/mol. The fourth-order valence-electron chi connectivity index (χ4n) is 3.47. The Labute approximate surface area is 165 Å². The molecule has 1 aliphatic rings. The van der Waals surface area contributed by atoms with Crippen LogP contribution in [0.3, 0.4) is 0 Å². The smallest absolute Gasteiger partial charge is 0.315 e. The molecule has 2 N–H and O–H groups in total. The quantitative estimate of drug-likeness (QED) is 0.710. The standard InChI is InChI=1S/C20H29N5O3/c1-4-5-8-21-20(26)24-14-6-9-25(10-7-14)19-15-11-17(27-2)18(28-3)12-16(15)22-13-23-19/h11-14H,4-10H2,1-3H3,(H2,21,24,26). The number of anilines is 1. The van der Waals surface area contributed by atoms with Crippen LogP contribution in [0.1, 0.15) is 32.6 Å². The van der Waals surface area contributed by atoms with E-state index in [1.54, 1.807) is 20.5 Å². The summed E-state index contributed by atoms with van der Waals surface area (Å²) < 4.78 is 10.8. The molecule has 1 aromatic carbocycles. The van der Waals surface area contributed by atoms with Crippen molar-refractivity contribution in [3.63, 3.8) is 0 Å². The van der Waals surface area contributed by atoms with Gasteiger partial charge in [0.1, 0.15) is 12.1 Å². The molecule has 2 heterocycles. The highest BCUT2D eigenvalue weighted by Gasteiger charge is 2.23. The van der Waals surface area contributed by atoms with Crippen LogP contribution < -0.4 is 25.0 Å². The normalized spacial score (nSPS) is 14.8. The summed E-state index contributed by atoms with van der Waals surface area (Å²) in [6.45, 7) is 4.47. The van der Waals surface area contributed by atoms with Crippen LogP contribution in [0.4, 0.5) is 10.6 Å². The van der Waals surface area contributed by atoms with Gasteiger partial charge in [0.15, 0.2) is 11.5 Å². The maximum atomic E-state index is 12.0. The van der Waals surface area contributed by atoms with Crippen LogP contribution in [0.25, 0.3) is 10.9 Å². The zero-order valence-electron chi connectivity index (χ0n) is 16.8. The summed E-state index contributed by atoms with van der Waals surface area (Å²) in [6.07, 6.45) is 5.40. The molecule has 0 saturated carbocycles. The number of nitrogens with zero attached hydrogens (tertiary/aromatic N) is 3. The summed E-state index contributed by atoms with van der Waals surface area (Å²) in [7, 11) is 3.23. The number of amides is 2. The van der Waals surface area contributed by atoms with Gasteiger partial charge in [0, 0.05) is 37.1 Å². The van der Waals surface area contributed by atoms with Crippen LogP contribution in [0.15, 0.2) is 18.5 Å². The van der Waals surface area contributed by atoms with Gasteiger partial charge in [0.2, 0.25) is 0 Å². The van der Waals surface area contributed by atoms with Crippen molar-refractivity contribution in [3.05, 3.63) is 18.5 Å². The third-order valence-corrected chi connectivity index (χ3v) is 5.07. The topological polar surface area (TPSA) is 88.6 Å². The fraction of sp³-hybridized carbons (Fsp3) is 0.550. The second-order valence-electron chi connectivity index (χ2n) is 6.94. The van der Waals surface area contributed by atoms with Crippen molar-refractivity contribution >= 4 is 22.8 Å². The van der Waals surface area contributed by atoms with E-state index in [0.717, 1.165) is 62.0 Å². The van der Waals surface area contributed by atoms with E-state index in [0.29, 0.717) is 11.5 Å². The molecule has 8 heteroatoms. The van der Waals surface area contributed by atoms with Gasteiger partial charge in [-0.05, 0) is 25.3 Å². The fourth-order valence-corrected chi connectivity index (χ4v) is 3.47. The number of ether oxygens (including phenoxy) is 2. The molecule has 0 aliphatic carbocycles. The number of hydrogen-bond donors (Lipinski definition) is 2. The minimum absolute atomic E-state index is 0.0729. The second-order valence-corrected chi connectivity index (χ2v) is 6.94. The Morgan fingerprint density at radius 3 is 2.57 bits per heavy atom. The van der Waals surface area contributed by atoms with Gasteiger partial charge in [0.05, 0.1) is 19.7 Å². The highest BCUT2D eigenvalue weighted by Crippen LogP contribution is 2.35. The van der Waals surface area contributed by atoms with E-state index in [1.807, 2.05) is 12.1 Å². The summed E-state index contributed by atoms with van der Waals surface area (Å²) in [5.41, 5.74) is 0.818. The molecule has 0 radical (unpaired) electrons. The number of fused-ring (bicyclic) bond motifs is 1. The largest absolute Gasteiger partial charge is 0.493 e. The number of carbonyl (C=O) groups excluding carboxylic acids is 1. The highest BCUT2D eigenvalue weighted by molar-refractivity contribution is 5.92. The first kappa shape index (κ1) is 20.0. The molecule has 0 spiro atoms. The molecule has 3 rings (SSSR count). The number of aromatic nitrogens is 2. The maximum absolute atomic E-state index is 12.0. The lowest BCUT2D eigenvalue weighted by atomic mass is 10.0. The third-order valence-electron chi connectivity index (χ3n) is 5.07. The number of unbranched alkanes of at least 4 members (excludes halogenated alkanes) is 1. The van der Waals surface area contributed by atoms with Gasteiger partial charge in [-0.1, -0.05) is 13.3 Å². The minimum Gasteiger partial charge on any atom is -0.493 e. The van der Waals surface area contributed by atoms with Crippen LogP contribution in [-0.2, 0) is 0 Å². The summed E-state index contributed by atoms with van der Waals surface area (Å²) >= 11 is 0. The first-order valence-electron chi connectivity index (χ1n) is 9.82. The summed E-state index contributed by atoms with van der Waals surface area (Å²) in [5.74, 6) is 2.19. The van der Waals surface area contributed by atoms with Gasteiger partial charge in [-0.25, -0.2) is 14.8 Å². The van der Waals surface area contributed by atoms with Crippen molar-refractivity contribution in [2.24, 2.45) is 0 Å². The molecule has 28 heavy (non-hydrogen) atoms. The Kier molecular flexibility index (Phi) is 6.73. The molecule has 2 amide bonds. The molecule has 0 atom stereocenters.